The average molecular weight is 251 g/mol. The third kappa shape index (κ3) is 3.55. The van der Waals surface area contributed by atoms with Crippen LogP contribution < -0.4 is 10.4 Å². The zero-order valence-corrected chi connectivity index (χ0v) is 9.58. The molecule has 7 heteroatoms. The molecule has 1 aromatic rings. The monoisotopic (exact) mass is 251 g/mol. The van der Waals surface area contributed by atoms with Gasteiger partial charge in [0, 0.05) is 25.0 Å². The van der Waals surface area contributed by atoms with Crippen molar-refractivity contribution in [3.63, 3.8) is 0 Å². The molecule has 18 heavy (non-hydrogen) atoms. The van der Waals surface area contributed by atoms with Crippen LogP contribution >= 0.6 is 0 Å². The number of nitro groups is 1. The maximum absolute atomic E-state index is 10.8. The van der Waals surface area contributed by atoms with Crippen LogP contribution in [0.2, 0.25) is 0 Å². The van der Waals surface area contributed by atoms with E-state index in [1.165, 1.54) is 18.2 Å². The predicted molar refractivity (Wildman–Crippen MR) is 59.4 cm³/mol. The molecule has 0 aliphatic heterocycles. The third-order valence-electron chi connectivity index (χ3n) is 2.27. The Bertz CT molecular complexity index is 486. The number of carbonyl (C=O) groups is 2. The van der Waals surface area contributed by atoms with Crippen LogP contribution in [0.1, 0.15) is 12.5 Å². The molecule has 0 saturated carbocycles. The normalized spacial score (nSPS) is 11.6. The molecule has 0 bridgehead atoms. The first-order chi connectivity index (χ1) is 8.41. The standard InChI is InChI=1S/C11H12N2O5/c1-7(14)12-9(11(15)16)6-8-4-2-3-5-10(8)13(17)18/h2-5,9H,6H2,1H3,(H,12,14)(H,15,16)/p-1. The van der Waals surface area contributed by atoms with E-state index < -0.39 is 22.8 Å². The van der Waals surface area contributed by atoms with E-state index in [1.807, 2.05) is 0 Å². The van der Waals surface area contributed by atoms with Crippen molar-refractivity contribution in [3.05, 3.63) is 39.9 Å². The number of nitro benzene ring substituents is 1. The Hall–Kier alpha value is -2.44. The van der Waals surface area contributed by atoms with Gasteiger partial charge in [-0.3, -0.25) is 14.9 Å². The number of amides is 1. The first-order valence-electron chi connectivity index (χ1n) is 5.12. The number of aliphatic carboxylic acids is 1. The topological polar surface area (TPSA) is 112 Å². The Kier molecular flexibility index (Phi) is 4.36. The Balaban J connectivity index is 2.97. The highest BCUT2D eigenvalue weighted by atomic mass is 16.6. The first kappa shape index (κ1) is 13.6. The highest BCUT2D eigenvalue weighted by molar-refractivity contribution is 5.81. The molecule has 0 saturated heterocycles. The minimum absolute atomic E-state index is 0.186. The number of benzene rings is 1. The lowest BCUT2D eigenvalue weighted by molar-refractivity contribution is -0.385. The van der Waals surface area contributed by atoms with Crippen LogP contribution in [0.5, 0.6) is 0 Å². The van der Waals surface area contributed by atoms with E-state index in [2.05, 4.69) is 5.32 Å². The van der Waals surface area contributed by atoms with E-state index in [1.54, 1.807) is 6.07 Å². The van der Waals surface area contributed by atoms with Crippen molar-refractivity contribution in [2.75, 3.05) is 0 Å². The Morgan fingerprint density at radius 2 is 2.00 bits per heavy atom. The van der Waals surface area contributed by atoms with E-state index >= 15 is 0 Å². The minimum atomic E-state index is -1.48. The zero-order chi connectivity index (χ0) is 13.7. The molecule has 0 aliphatic rings. The summed E-state index contributed by atoms with van der Waals surface area (Å²) in [5.41, 5.74) is 0.0413. The fraction of sp³-hybridized carbons (Fsp3) is 0.273. The van der Waals surface area contributed by atoms with Gasteiger partial charge >= 0.3 is 0 Å². The molecule has 0 spiro atoms. The Morgan fingerprint density at radius 3 is 2.50 bits per heavy atom. The fourth-order valence-corrected chi connectivity index (χ4v) is 1.52. The van der Waals surface area contributed by atoms with Crippen molar-refractivity contribution in [2.24, 2.45) is 0 Å². The highest BCUT2D eigenvalue weighted by Crippen LogP contribution is 2.19. The molecule has 0 fully saturated rings. The fourth-order valence-electron chi connectivity index (χ4n) is 1.52. The molecular weight excluding hydrogens is 240 g/mol. The number of hydrogen-bond donors (Lipinski definition) is 1. The Labute approximate surface area is 103 Å². The summed E-state index contributed by atoms with van der Waals surface area (Å²) in [5, 5.41) is 23.7. The number of nitrogens with one attached hydrogen (secondary N) is 1. The van der Waals surface area contributed by atoms with Gasteiger partial charge in [0.25, 0.3) is 5.69 Å². The summed E-state index contributed by atoms with van der Waals surface area (Å²) in [4.78, 5) is 31.8. The molecule has 1 unspecified atom stereocenters. The van der Waals surface area contributed by atoms with E-state index in [4.69, 9.17) is 0 Å². The maximum atomic E-state index is 10.8. The molecule has 1 amide bonds. The van der Waals surface area contributed by atoms with Crippen molar-refractivity contribution >= 4 is 17.6 Å². The maximum Gasteiger partial charge on any atom is 0.272 e. The average Bonchev–Trinajstić information content (AvgIpc) is 2.27. The SMILES string of the molecule is CC(=O)NC(Cc1ccccc1[N+](=O)[O-])C(=O)[O-]. The minimum Gasteiger partial charge on any atom is -0.548 e. The molecule has 0 radical (unpaired) electrons. The van der Waals surface area contributed by atoms with Gasteiger partial charge in [-0.1, -0.05) is 18.2 Å². The summed E-state index contributed by atoms with van der Waals surface area (Å²) in [7, 11) is 0. The molecular formula is C11H11N2O5-. The van der Waals surface area contributed by atoms with Crippen LogP contribution in [0.15, 0.2) is 24.3 Å². The highest BCUT2D eigenvalue weighted by Gasteiger charge is 2.18. The number of carbonyl (C=O) groups excluding carboxylic acids is 2. The van der Waals surface area contributed by atoms with Gasteiger partial charge in [-0.15, -0.1) is 0 Å². The number of nitrogens with zero attached hydrogens (tertiary/aromatic N) is 1. The van der Waals surface area contributed by atoms with E-state index in [0.717, 1.165) is 6.92 Å². The second-order valence-electron chi connectivity index (χ2n) is 3.66. The molecule has 1 N–H and O–H groups in total. The summed E-state index contributed by atoms with van der Waals surface area (Å²) in [6.07, 6.45) is -0.195. The van der Waals surface area contributed by atoms with Crippen molar-refractivity contribution in [3.8, 4) is 0 Å². The Morgan fingerprint density at radius 1 is 1.39 bits per heavy atom. The van der Waals surface area contributed by atoms with Gasteiger partial charge in [-0.2, -0.15) is 0 Å². The second-order valence-corrected chi connectivity index (χ2v) is 3.66. The summed E-state index contributed by atoms with van der Waals surface area (Å²) in [5.74, 6) is -2.02. The predicted octanol–water partition coefficient (Wildman–Crippen LogP) is -0.608. The number of hydrogen-bond acceptors (Lipinski definition) is 5. The van der Waals surface area contributed by atoms with Crippen LogP contribution in [0.4, 0.5) is 5.69 Å². The lowest BCUT2D eigenvalue weighted by Gasteiger charge is -2.18. The second kappa shape index (κ2) is 5.76. The molecule has 0 aliphatic carbocycles. The van der Waals surface area contributed by atoms with Crippen LogP contribution in [-0.4, -0.2) is 22.8 Å². The van der Waals surface area contributed by atoms with Crippen LogP contribution in [-0.2, 0) is 16.0 Å². The summed E-state index contributed by atoms with van der Waals surface area (Å²) in [6, 6.07) is 4.46. The molecule has 1 rings (SSSR count). The number of carboxylic acids is 1. The van der Waals surface area contributed by atoms with Gasteiger partial charge < -0.3 is 15.2 Å². The zero-order valence-electron chi connectivity index (χ0n) is 9.58. The van der Waals surface area contributed by atoms with Crippen molar-refractivity contribution < 1.29 is 19.6 Å². The van der Waals surface area contributed by atoms with Gasteiger partial charge in [0.1, 0.15) is 0 Å². The van der Waals surface area contributed by atoms with Gasteiger partial charge in [0.05, 0.1) is 16.9 Å². The largest absolute Gasteiger partial charge is 0.548 e. The van der Waals surface area contributed by atoms with Crippen molar-refractivity contribution in [1.82, 2.24) is 5.32 Å². The molecule has 96 valence electrons. The number of carboxylic acid groups (broad SMARTS) is 1. The van der Waals surface area contributed by atoms with Crippen LogP contribution in [0.25, 0.3) is 0 Å². The summed E-state index contributed by atoms with van der Waals surface area (Å²) < 4.78 is 0. The molecule has 0 heterocycles. The lowest BCUT2D eigenvalue weighted by Crippen LogP contribution is -2.48. The quantitative estimate of drug-likeness (QED) is 0.554. The first-order valence-corrected chi connectivity index (χ1v) is 5.12. The van der Waals surface area contributed by atoms with E-state index in [0.29, 0.717) is 0 Å². The van der Waals surface area contributed by atoms with E-state index in [9.17, 15) is 24.8 Å². The van der Waals surface area contributed by atoms with Crippen molar-refractivity contribution in [1.29, 1.82) is 0 Å². The molecule has 0 aromatic heterocycles. The van der Waals surface area contributed by atoms with Gasteiger partial charge in [0.2, 0.25) is 5.91 Å². The van der Waals surface area contributed by atoms with Crippen molar-refractivity contribution in [2.45, 2.75) is 19.4 Å². The number of rotatable bonds is 5. The van der Waals surface area contributed by atoms with Gasteiger partial charge in [-0.05, 0) is 0 Å². The number of para-hydroxylation sites is 1. The summed E-state index contributed by atoms with van der Waals surface area (Å²) in [6.45, 7) is 1.16. The lowest BCUT2D eigenvalue weighted by atomic mass is 10.0. The molecule has 1 aromatic carbocycles. The molecule has 7 nitrogen and oxygen atoms in total. The molecule has 1 atom stereocenters. The van der Waals surface area contributed by atoms with Gasteiger partial charge in [-0.25, -0.2) is 0 Å². The van der Waals surface area contributed by atoms with Gasteiger partial charge in [0.15, 0.2) is 0 Å². The summed E-state index contributed by atoms with van der Waals surface area (Å²) >= 11 is 0. The third-order valence-corrected chi connectivity index (χ3v) is 2.27. The van der Waals surface area contributed by atoms with Crippen LogP contribution in [0.3, 0.4) is 0 Å². The van der Waals surface area contributed by atoms with E-state index in [-0.39, 0.29) is 17.7 Å². The smallest absolute Gasteiger partial charge is 0.272 e. The van der Waals surface area contributed by atoms with Crippen LogP contribution in [0, 0.1) is 10.1 Å².